The number of hydrazine groups is 1. The van der Waals surface area contributed by atoms with E-state index >= 15 is 0 Å². The lowest BCUT2D eigenvalue weighted by Gasteiger charge is -2.21. The summed E-state index contributed by atoms with van der Waals surface area (Å²) < 4.78 is 2.12. The summed E-state index contributed by atoms with van der Waals surface area (Å²) in [6.07, 6.45) is 10.9. The number of hydrogen-bond donors (Lipinski definition) is 3. The molecule has 20 heavy (non-hydrogen) atoms. The monoisotopic (exact) mass is 275 g/mol. The van der Waals surface area contributed by atoms with Gasteiger partial charge in [-0.3, -0.25) is 16.0 Å². The maximum Gasteiger partial charge on any atom is 0.101 e. The second kappa shape index (κ2) is 6.15. The zero-order chi connectivity index (χ0) is 13.8. The van der Waals surface area contributed by atoms with Gasteiger partial charge in [0.25, 0.3) is 0 Å². The molecule has 3 rings (SSSR count). The lowest BCUT2D eigenvalue weighted by atomic mass is 9.96. The van der Waals surface area contributed by atoms with E-state index in [0.29, 0.717) is 12.5 Å². The van der Waals surface area contributed by atoms with Gasteiger partial charge < -0.3 is 0 Å². The fraction of sp³-hybridized carbons (Fsp3) is 0.615. The van der Waals surface area contributed by atoms with Crippen molar-refractivity contribution in [1.82, 2.24) is 30.6 Å². The van der Waals surface area contributed by atoms with Gasteiger partial charge in [-0.2, -0.15) is 20.5 Å². The third-order valence-corrected chi connectivity index (χ3v) is 4.02. The van der Waals surface area contributed by atoms with Crippen molar-refractivity contribution in [2.24, 2.45) is 5.84 Å². The highest BCUT2D eigenvalue weighted by molar-refractivity contribution is 5.08. The van der Waals surface area contributed by atoms with Crippen LogP contribution in [-0.4, -0.2) is 25.2 Å². The van der Waals surface area contributed by atoms with Gasteiger partial charge in [-0.15, -0.1) is 0 Å². The predicted molar refractivity (Wildman–Crippen MR) is 74.5 cm³/mol. The zero-order valence-electron chi connectivity index (χ0n) is 11.5. The third-order valence-electron chi connectivity index (χ3n) is 4.02. The van der Waals surface area contributed by atoms with E-state index in [1.54, 1.807) is 6.20 Å². The fourth-order valence-electron chi connectivity index (χ4n) is 2.87. The van der Waals surface area contributed by atoms with Crippen LogP contribution in [0.2, 0.25) is 0 Å². The summed E-state index contributed by atoms with van der Waals surface area (Å²) in [6.45, 7) is 0. The summed E-state index contributed by atoms with van der Waals surface area (Å²) in [5, 5.41) is 15.2. The van der Waals surface area contributed by atoms with Crippen molar-refractivity contribution >= 4 is 0 Å². The molecule has 7 nitrogen and oxygen atoms in total. The van der Waals surface area contributed by atoms with Gasteiger partial charge in [0.2, 0.25) is 0 Å². The van der Waals surface area contributed by atoms with Gasteiger partial charge in [0.05, 0.1) is 24.0 Å². The molecule has 1 atom stereocenters. The zero-order valence-corrected chi connectivity index (χ0v) is 11.5. The molecule has 1 unspecified atom stereocenters. The smallest absolute Gasteiger partial charge is 0.101 e. The highest BCUT2D eigenvalue weighted by Crippen LogP contribution is 2.27. The van der Waals surface area contributed by atoms with Crippen LogP contribution in [0.1, 0.15) is 55.6 Å². The number of nitrogens with one attached hydrogen (secondary N) is 2. The van der Waals surface area contributed by atoms with Gasteiger partial charge in [0.15, 0.2) is 0 Å². The predicted octanol–water partition coefficient (Wildman–Crippen LogP) is 1.25. The molecule has 0 bridgehead atoms. The van der Waals surface area contributed by atoms with Crippen LogP contribution in [0, 0.1) is 0 Å². The quantitative estimate of drug-likeness (QED) is 0.563. The molecule has 0 saturated heterocycles. The van der Waals surface area contributed by atoms with E-state index < -0.39 is 0 Å². The number of aromatic nitrogens is 5. The molecule has 108 valence electrons. The number of hydrogen-bond acceptors (Lipinski definition) is 5. The van der Waals surface area contributed by atoms with Crippen LogP contribution in [0.5, 0.6) is 0 Å². The van der Waals surface area contributed by atoms with Gasteiger partial charge in [0.1, 0.15) is 5.69 Å². The molecule has 7 heteroatoms. The molecule has 0 aliphatic heterocycles. The van der Waals surface area contributed by atoms with Crippen molar-refractivity contribution in [3.8, 4) is 0 Å². The Morgan fingerprint density at radius 1 is 1.40 bits per heavy atom. The normalized spacial score (nSPS) is 18.2. The van der Waals surface area contributed by atoms with Crippen molar-refractivity contribution in [3.05, 3.63) is 29.8 Å². The molecule has 4 N–H and O–H groups in total. The average Bonchev–Trinajstić information content (AvgIpc) is 3.17. The molecule has 0 aromatic carbocycles. The third kappa shape index (κ3) is 2.88. The Kier molecular flexibility index (Phi) is 4.08. The maximum absolute atomic E-state index is 5.60. The first-order chi connectivity index (χ1) is 9.86. The van der Waals surface area contributed by atoms with Crippen LogP contribution in [0.25, 0.3) is 0 Å². The lowest BCUT2D eigenvalue weighted by Crippen LogP contribution is -2.30. The molecule has 0 amide bonds. The molecule has 0 spiro atoms. The van der Waals surface area contributed by atoms with Gasteiger partial charge >= 0.3 is 0 Å². The van der Waals surface area contributed by atoms with Gasteiger partial charge in [-0.1, -0.05) is 19.3 Å². The van der Waals surface area contributed by atoms with Gasteiger partial charge in [0, 0.05) is 12.6 Å². The molecule has 2 aromatic rings. The van der Waals surface area contributed by atoms with Crippen molar-refractivity contribution in [2.45, 2.75) is 50.6 Å². The van der Waals surface area contributed by atoms with E-state index in [1.165, 1.54) is 32.1 Å². The Balaban J connectivity index is 1.67. The Morgan fingerprint density at radius 3 is 2.95 bits per heavy atom. The molecular weight excluding hydrogens is 254 g/mol. The van der Waals surface area contributed by atoms with Crippen LogP contribution in [0.3, 0.4) is 0 Å². The number of rotatable bonds is 5. The molecule has 1 aliphatic rings. The molecule has 1 aliphatic carbocycles. The van der Waals surface area contributed by atoms with E-state index in [-0.39, 0.29) is 6.04 Å². The minimum absolute atomic E-state index is 0.0662. The standard InChI is InChI=1S/C13H21N7/c14-16-12(13-9-15-19-17-13)8-10-6-7-20(18-10)11-4-2-1-3-5-11/h6-7,9,11-12,16H,1-5,8,14H2,(H,15,17,19). The summed E-state index contributed by atoms with van der Waals surface area (Å²) in [4.78, 5) is 0. The van der Waals surface area contributed by atoms with E-state index in [1.807, 2.05) is 0 Å². The van der Waals surface area contributed by atoms with Gasteiger partial charge in [-0.25, -0.2) is 0 Å². The summed E-state index contributed by atoms with van der Waals surface area (Å²) in [5.41, 5.74) is 4.60. The summed E-state index contributed by atoms with van der Waals surface area (Å²) >= 11 is 0. The highest BCUT2D eigenvalue weighted by atomic mass is 15.3. The highest BCUT2D eigenvalue weighted by Gasteiger charge is 2.18. The Hall–Kier alpha value is -1.73. The minimum Gasteiger partial charge on any atom is -0.271 e. The second-order valence-corrected chi connectivity index (χ2v) is 5.40. The van der Waals surface area contributed by atoms with Crippen LogP contribution in [0.4, 0.5) is 0 Å². The summed E-state index contributed by atoms with van der Waals surface area (Å²) in [6, 6.07) is 2.57. The van der Waals surface area contributed by atoms with Crippen molar-refractivity contribution in [1.29, 1.82) is 0 Å². The fourth-order valence-corrected chi connectivity index (χ4v) is 2.87. The topological polar surface area (TPSA) is 97.4 Å². The van der Waals surface area contributed by atoms with E-state index in [0.717, 1.165) is 11.4 Å². The average molecular weight is 275 g/mol. The molecule has 1 fully saturated rings. The van der Waals surface area contributed by atoms with Crippen LogP contribution >= 0.6 is 0 Å². The Bertz CT molecular complexity index is 513. The first kappa shape index (κ1) is 13.3. The summed E-state index contributed by atoms with van der Waals surface area (Å²) in [5.74, 6) is 5.60. The minimum atomic E-state index is -0.0662. The number of aromatic amines is 1. The van der Waals surface area contributed by atoms with E-state index in [9.17, 15) is 0 Å². The van der Waals surface area contributed by atoms with E-state index in [4.69, 9.17) is 10.9 Å². The largest absolute Gasteiger partial charge is 0.271 e. The number of H-pyrrole nitrogens is 1. The molecule has 1 saturated carbocycles. The molecule has 0 radical (unpaired) electrons. The first-order valence-corrected chi connectivity index (χ1v) is 7.22. The van der Waals surface area contributed by atoms with Gasteiger partial charge in [-0.05, 0) is 18.9 Å². The maximum atomic E-state index is 5.60. The van der Waals surface area contributed by atoms with Crippen molar-refractivity contribution < 1.29 is 0 Å². The number of nitrogens with zero attached hydrogens (tertiary/aromatic N) is 4. The van der Waals surface area contributed by atoms with Crippen molar-refractivity contribution in [2.75, 3.05) is 0 Å². The SMILES string of the molecule is NNC(Cc1ccn(C2CCCCC2)n1)c1cn[nH]n1. The Morgan fingerprint density at radius 2 is 2.25 bits per heavy atom. The lowest BCUT2D eigenvalue weighted by molar-refractivity contribution is 0.327. The number of nitrogens with two attached hydrogens (primary N) is 1. The van der Waals surface area contributed by atoms with E-state index in [2.05, 4.69) is 37.8 Å². The second-order valence-electron chi connectivity index (χ2n) is 5.40. The molecule has 2 heterocycles. The molecule has 2 aromatic heterocycles. The Labute approximate surface area is 117 Å². The van der Waals surface area contributed by atoms with Crippen LogP contribution in [0.15, 0.2) is 18.5 Å². The molecular formula is C13H21N7. The summed E-state index contributed by atoms with van der Waals surface area (Å²) in [7, 11) is 0. The van der Waals surface area contributed by atoms with Crippen molar-refractivity contribution in [3.63, 3.8) is 0 Å². The van der Waals surface area contributed by atoms with Crippen LogP contribution < -0.4 is 11.3 Å². The van der Waals surface area contributed by atoms with Crippen LogP contribution in [-0.2, 0) is 6.42 Å². The first-order valence-electron chi connectivity index (χ1n) is 7.22.